The van der Waals surface area contributed by atoms with Gasteiger partial charge in [0.1, 0.15) is 12.4 Å². The van der Waals surface area contributed by atoms with E-state index >= 15 is 0 Å². The summed E-state index contributed by atoms with van der Waals surface area (Å²) in [7, 11) is 1.61. The Morgan fingerprint density at radius 1 is 0.969 bits per heavy atom. The number of carbonyl (C=O) groups is 1. The highest BCUT2D eigenvalue weighted by atomic mass is 35.5. The number of esters is 1. The number of para-hydroxylation sites is 2. The van der Waals surface area contributed by atoms with Crippen LogP contribution in [-0.4, -0.2) is 33.6 Å². The van der Waals surface area contributed by atoms with Crippen molar-refractivity contribution >= 4 is 29.3 Å². The molecule has 0 fully saturated rings. The fourth-order valence-electron chi connectivity index (χ4n) is 3.08. The summed E-state index contributed by atoms with van der Waals surface area (Å²) >= 11 is 7.31. The second kappa shape index (κ2) is 10.3. The minimum atomic E-state index is -0.332. The lowest BCUT2D eigenvalue weighted by molar-refractivity contribution is -0.141. The molecule has 4 aromatic rings. The first-order chi connectivity index (χ1) is 15.7. The van der Waals surface area contributed by atoms with E-state index in [1.807, 2.05) is 71.3 Å². The quantitative estimate of drug-likeness (QED) is 0.255. The van der Waals surface area contributed by atoms with E-state index in [-0.39, 0.29) is 18.3 Å². The molecule has 0 aliphatic rings. The first kappa shape index (κ1) is 21.9. The zero-order valence-corrected chi connectivity index (χ0v) is 18.8. The third-order valence-electron chi connectivity index (χ3n) is 4.62. The molecule has 0 N–H and O–H groups in total. The highest BCUT2D eigenvalue weighted by Crippen LogP contribution is 2.32. The highest BCUT2D eigenvalue weighted by molar-refractivity contribution is 7.99. The van der Waals surface area contributed by atoms with Crippen molar-refractivity contribution in [3.63, 3.8) is 0 Å². The molecule has 8 heteroatoms. The molecule has 32 heavy (non-hydrogen) atoms. The number of carbonyl (C=O) groups excluding carboxylic acids is 1. The molecule has 0 radical (unpaired) electrons. The molecule has 1 aromatic heterocycles. The summed E-state index contributed by atoms with van der Waals surface area (Å²) in [5.74, 6) is 1.05. The molecular formula is C24H20ClN3O3S. The molecule has 0 aliphatic heterocycles. The van der Waals surface area contributed by atoms with Gasteiger partial charge in [0, 0.05) is 10.6 Å². The molecular weight excluding hydrogens is 446 g/mol. The molecule has 0 unspecified atom stereocenters. The number of ether oxygens (including phenoxy) is 2. The van der Waals surface area contributed by atoms with Crippen molar-refractivity contribution in [3.8, 4) is 22.8 Å². The standard InChI is InChI=1S/C24H20ClN3O3S/c1-30-21-10-6-5-9-20(21)28-23(18-11-13-19(25)14-12-18)26-27-24(28)32-16-22(29)31-15-17-7-3-2-4-8-17/h2-14H,15-16H2,1H3. The van der Waals surface area contributed by atoms with Gasteiger partial charge < -0.3 is 9.47 Å². The van der Waals surface area contributed by atoms with Crippen LogP contribution < -0.4 is 4.74 Å². The molecule has 162 valence electrons. The van der Waals surface area contributed by atoms with E-state index < -0.39 is 0 Å². The summed E-state index contributed by atoms with van der Waals surface area (Å²) in [4.78, 5) is 12.3. The van der Waals surface area contributed by atoms with Crippen LogP contribution in [0.1, 0.15) is 5.56 Å². The van der Waals surface area contributed by atoms with E-state index in [0.29, 0.717) is 21.8 Å². The normalized spacial score (nSPS) is 10.7. The molecule has 6 nitrogen and oxygen atoms in total. The lowest BCUT2D eigenvalue weighted by Crippen LogP contribution is -2.09. The lowest BCUT2D eigenvalue weighted by Gasteiger charge is -2.14. The number of nitrogens with zero attached hydrogens (tertiary/aromatic N) is 3. The van der Waals surface area contributed by atoms with Gasteiger partial charge in [-0.05, 0) is 42.0 Å². The largest absolute Gasteiger partial charge is 0.495 e. The fourth-order valence-corrected chi connectivity index (χ4v) is 3.95. The van der Waals surface area contributed by atoms with Crippen molar-refractivity contribution in [1.82, 2.24) is 14.8 Å². The Hall–Kier alpha value is -3.29. The fraction of sp³-hybridized carbons (Fsp3) is 0.125. The van der Waals surface area contributed by atoms with Gasteiger partial charge in [-0.3, -0.25) is 9.36 Å². The summed E-state index contributed by atoms with van der Waals surface area (Å²) in [6, 6.07) is 24.5. The zero-order chi connectivity index (χ0) is 22.3. The van der Waals surface area contributed by atoms with Crippen molar-refractivity contribution in [2.75, 3.05) is 12.9 Å². The van der Waals surface area contributed by atoms with Gasteiger partial charge in [0.25, 0.3) is 0 Å². The van der Waals surface area contributed by atoms with Crippen molar-refractivity contribution in [3.05, 3.63) is 89.4 Å². The number of hydrogen-bond donors (Lipinski definition) is 0. The van der Waals surface area contributed by atoms with Gasteiger partial charge in [-0.2, -0.15) is 0 Å². The Morgan fingerprint density at radius 3 is 2.44 bits per heavy atom. The minimum absolute atomic E-state index is 0.0980. The maximum absolute atomic E-state index is 12.3. The van der Waals surface area contributed by atoms with E-state index in [9.17, 15) is 4.79 Å². The molecule has 3 aromatic carbocycles. The van der Waals surface area contributed by atoms with Crippen LogP contribution in [0.2, 0.25) is 5.02 Å². The minimum Gasteiger partial charge on any atom is -0.495 e. The number of methoxy groups -OCH3 is 1. The number of aromatic nitrogens is 3. The predicted molar refractivity (Wildman–Crippen MR) is 125 cm³/mol. The van der Waals surface area contributed by atoms with Gasteiger partial charge in [0.2, 0.25) is 0 Å². The molecule has 0 saturated heterocycles. The molecule has 4 rings (SSSR count). The van der Waals surface area contributed by atoms with Gasteiger partial charge in [-0.25, -0.2) is 0 Å². The third kappa shape index (κ3) is 5.12. The van der Waals surface area contributed by atoms with E-state index in [0.717, 1.165) is 16.8 Å². The van der Waals surface area contributed by atoms with Crippen molar-refractivity contribution in [2.45, 2.75) is 11.8 Å². The smallest absolute Gasteiger partial charge is 0.316 e. The van der Waals surface area contributed by atoms with E-state index in [2.05, 4.69) is 10.2 Å². The Morgan fingerprint density at radius 2 is 1.69 bits per heavy atom. The number of rotatable bonds is 8. The van der Waals surface area contributed by atoms with Crippen LogP contribution in [0, 0.1) is 0 Å². The van der Waals surface area contributed by atoms with Crippen LogP contribution in [0.4, 0.5) is 0 Å². The van der Waals surface area contributed by atoms with Crippen LogP contribution in [0.3, 0.4) is 0 Å². The highest BCUT2D eigenvalue weighted by Gasteiger charge is 2.20. The molecule has 0 saturated carbocycles. The average Bonchev–Trinajstić information content (AvgIpc) is 3.26. The van der Waals surface area contributed by atoms with Crippen LogP contribution in [0.15, 0.2) is 84.0 Å². The monoisotopic (exact) mass is 465 g/mol. The summed E-state index contributed by atoms with van der Waals surface area (Å²) < 4.78 is 12.8. The average molecular weight is 466 g/mol. The Labute approximate surface area is 195 Å². The Bertz CT molecular complexity index is 1200. The summed E-state index contributed by atoms with van der Waals surface area (Å²) in [6.45, 7) is 0.232. The first-order valence-electron chi connectivity index (χ1n) is 9.83. The van der Waals surface area contributed by atoms with E-state index in [1.165, 1.54) is 11.8 Å². The topological polar surface area (TPSA) is 66.2 Å². The van der Waals surface area contributed by atoms with Crippen LogP contribution in [0.25, 0.3) is 17.1 Å². The first-order valence-corrected chi connectivity index (χ1v) is 11.2. The van der Waals surface area contributed by atoms with Crippen molar-refractivity contribution in [2.24, 2.45) is 0 Å². The van der Waals surface area contributed by atoms with Crippen molar-refractivity contribution in [1.29, 1.82) is 0 Å². The molecule has 0 amide bonds. The van der Waals surface area contributed by atoms with E-state index in [4.69, 9.17) is 21.1 Å². The van der Waals surface area contributed by atoms with Gasteiger partial charge in [0.15, 0.2) is 11.0 Å². The Balaban J connectivity index is 1.59. The molecule has 0 bridgehead atoms. The maximum atomic E-state index is 12.3. The second-order valence-electron chi connectivity index (χ2n) is 6.76. The summed E-state index contributed by atoms with van der Waals surface area (Å²) in [6.07, 6.45) is 0. The maximum Gasteiger partial charge on any atom is 0.316 e. The van der Waals surface area contributed by atoms with E-state index in [1.54, 1.807) is 19.2 Å². The summed E-state index contributed by atoms with van der Waals surface area (Å²) in [5, 5.41) is 9.90. The SMILES string of the molecule is COc1ccccc1-n1c(SCC(=O)OCc2ccccc2)nnc1-c1ccc(Cl)cc1. The van der Waals surface area contributed by atoms with Crippen LogP contribution >= 0.6 is 23.4 Å². The van der Waals surface area contributed by atoms with Gasteiger partial charge in [-0.15, -0.1) is 10.2 Å². The van der Waals surface area contributed by atoms with Crippen LogP contribution in [0.5, 0.6) is 5.75 Å². The number of hydrogen-bond acceptors (Lipinski definition) is 6. The third-order valence-corrected chi connectivity index (χ3v) is 5.78. The zero-order valence-electron chi connectivity index (χ0n) is 17.3. The van der Waals surface area contributed by atoms with Crippen LogP contribution in [-0.2, 0) is 16.1 Å². The Kier molecular flexibility index (Phi) is 7.09. The summed E-state index contributed by atoms with van der Waals surface area (Å²) in [5.41, 5.74) is 2.55. The molecule has 0 atom stereocenters. The predicted octanol–water partition coefficient (Wildman–Crippen LogP) is 5.43. The van der Waals surface area contributed by atoms with Gasteiger partial charge in [0.05, 0.1) is 18.6 Å². The molecule has 1 heterocycles. The van der Waals surface area contributed by atoms with Crippen molar-refractivity contribution < 1.29 is 14.3 Å². The second-order valence-corrected chi connectivity index (χ2v) is 8.13. The number of thioether (sulfide) groups is 1. The number of halogens is 1. The molecule has 0 aliphatic carbocycles. The van der Waals surface area contributed by atoms with Gasteiger partial charge >= 0.3 is 5.97 Å². The molecule has 0 spiro atoms. The van der Waals surface area contributed by atoms with Gasteiger partial charge in [-0.1, -0.05) is 65.8 Å². The number of benzene rings is 3. The lowest BCUT2D eigenvalue weighted by atomic mass is 10.2.